The molecule has 1 aliphatic carbocycles. The summed E-state index contributed by atoms with van der Waals surface area (Å²) in [5, 5.41) is 9.87. The molecule has 1 aromatic rings. The molecule has 1 aromatic carbocycles. The second-order valence-electron chi connectivity index (χ2n) is 8.20. The van der Waals surface area contributed by atoms with Crippen LogP contribution in [0.25, 0.3) is 0 Å². The number of phenols is 1. The molecular weight excluding hydrogens is 328 g/mol. The predicted molar refractivity (Wildman–Crippen MR) is 101 cm³/mol. The van der Waals surface area contributed by atoms with Crippen molar-refractivity contribution in [3.8, 4) is 5.75 Å². The summed E-state index contributed by atoms with van der Waals surface area (Å²) in [4.78, 5) is 29.1. The number of rotatable bonds is 3. The molecule has 1 saturated carbocycles. The van der Waals surface area contributed by atoms with Crippen LogP contribution in [0.3, 0.4) is 0 Å². The number of aromatic hydroxyl groups is 1. The molecule has 0 radical (unpaired) electrons. The maximum absolute atomic E-state index is 12.9. The first-order chi connectivity index (χ1) is 12.2. The lowest BCUT2D eigenvalue weighted by molar-refractivity contribution is -0.135. The van der Waals surface area contributed by atoms with Gasteiger partial charge in [0.05, 0.1) is 11.5 Å². The van der Waals surface area contributed by atoms with E-state index in [-0.39, 0.29) is 28.9 Å². The van der Waals surface area contributed by atoms with Crippen LogP contribution >= 0.6 is 0 Å². The zero-order chi connectivity index (χ0) is 19.1. The van der Waals surface area contributed by atoms with Crippen LogP contribution in [0.5, 0.6) is 5.75 Å². The molecule has 0 spiro atoms. The molecule has 1 saturated heterocycles. The van der Waals surface area contributed by atoms with Gasteiger partial charge in [0.2, 0.25) is 5.91 Å². The van der Waals surface area contributed by atoms with E-state index < -0.39 is 0 Å². The Morgan fingerprint density at radius 3 is 2.23 bits per heavy atom. The standard InChI is InChI=1S/C21H28N2O3/c1-14(2)13-16-18(21(16,3)4)20(26)23-11-9-22(10-12-23)19(25)15-7-5-6-8-17(15)24/h5-8,13,16,18,24H,9-12H2,1-4H3/t16-,18-/m1/s1. The van der Waals surface area contributed by atoms with Crippen molar-refractivity contribution in [1.29, 1.82) is 0 Å². The summed E-state index contributed by atoms with van der Waals surface area (Å²) in [5.41, 5.74) is 1.58. The van der Waals surface area contributed by atoms with Crippen molar-refractivity contribution >= 4 is 11.8 Å². The van der Waals surface area contributed by atoms with E-state index in [9.17, 15) is 14.7 Å². The third-order valence-electron chi connectivity index (χ3n) is 5.70. The smallest absolute Gasteiger partial charge is 0.257 e. The van der Waals surface area contributed by atoms with Crippen molar-refractivity contribution < 1.29 is 14.7 Å². The van der Waals surface area contributed by atoms with Crippen LogP contribution in [-0.4, -0.2) is 52.9 Å². The molecular formula is C21H28N2O3. The number of amides is 2. The van der Waals surface area contributed by atoms with Gasteiger partial charge in [-0.05, 0) is 37.3 Å². The van der Waals surface area contributed by atoms with E-state index in [0.717, 1.165) is 0 Å². The monoisotopic (exact) mass is 356 g/mol. The summed E-state index contributed by atoms with van der Waals surface area (Å²) in [6.07, 6.45) is 2.21. The molecule has 0 bridgehead atoms. The maximum Gasteiger partial charge on any atom is 0.257 e. The van der Waals surface area contributed by atoms with Gasteiger partial charge in [0.1, 0.15) is 5.75 Å². The van der Waals surface area contributed by atoms with Gasteiger partial charge in [-0.15, -0.1) is 0 Å². The van der Waals surface area contributed by atoms with Crippen LogP contribution in [0.2, 0.25) is 0 Å². The van der Waals surface area contributed by atoms with Gasteiger partial charge in [-0.3, -0.25) is 9.59 Å². The van der Waals surface area contributed by atoms with E-state index in [1.807, 2.05) is 4.90 Å². The summed E-state index contributed by atoms with van der Waals surface area (Å²) >= 11 is 0. The van der Waals surface area contributed by atoms with Crippen LogP contribution in [0, 0.1) is 17.3 Å². The molecule has 5 nitrogen and oxygen atoms in total. The van der Waals surface area contributed by atoms with E-state index in [1.54, 1.807) is 23.1 Å². The first-order valence-electron chi connectivity index (χ1n) is 9.24. The number of nitrogens with zero attached hydrogens (tertiary/aromatic N) is 2. The number of para-hydroxylation sites is 1. The first kappa shape index (κ1) is 18.5. The average molecular weight is 356 g/mol. The zero-order valence-electron chi connectivity index (χ0n) is 16.0. The van der Waals surface area contributed by atoms with Crippen molar-refractivity contribution in [2.75, 3.05) is 26.2 Å². The molecule has 0 aromatic heterocycles. The van der Waals surface area contributed by atoms with Crippen LogP contribution in [0.4, 0.5) is 0 Å². The molecule has 2 fully saturated rings. The van der Waals surface area contributed by atoms with Gasteiger partial charge in [-0.1, -0.05) is 37.6 Å². The fourth-order valence-corrected chi connectivity index (χ4v) is 3.97. The van der Waals surface area contributed by atoms with Crippen LogP contribution in [0.1, 0.15) is 38.1 Å². The molecule has 0 unspecified atom stereocenters. The molecule has 1 N–H and O–H groups in total. The SMILES string of the molecule is CC(C)=C[C@@H]1[C@H](C(=O)N2CCN(C(=O)c3ccccc3O)CC2)C1(C)C. The topological polar surface area (TPSA) is 60.9 Å². The van der Waals surface area contributed by atoms with E-state index in [2.05, 4.69) is 33.8 Å². The highest BCUT2D eigenvalue weighted by Crippen LogP contribution is 2.60. The minimum Gasteiger partial charge on any atom is -0.507 e. The highest BCUT2D eigenvalue weighted by Gasteiger charge is 2.61. The van der Waals surface area contributed by atoms with E-state index in [4.69, 9.17) is 0 Å². The average Bonchev–Trinajstić information content (AvgIpc) is 3.13. The second-order valence-corrected chi connectivity index (χ2v) is 8.20. The highest BCUT2D eigenvalue weighted by molar-refractivity contribution is 5.97. The van der Waals surface area contributed by atoms with Gasteiger partial charge in [-0.25, -0.2) is 0 Å². The number of hydrogen-bond donors (Lipinski definition) is 1. The summed E-state index contributed by atoms with van der Waals surface area (Å²) in [6, 6.07) is 6.59. The van der Waals surface area contributed by atoms with Gasteiger partial charge >= 0.3 is 0 Å². The molecule has 140 valence electrons. The van der Waals surface area contributed by atoms with Gasteiger partial charge in [0.15, 0.2) is 0 Å². The molecule has 3 rings (SSSR count). The molecule has 1 aliphatic heterocycles. The van der Waals surface area contributed by atoms with Crippen LogP contribution < -0.4 is 0 Å². The normalized spacial score (nSPS) is 24.2. The Balaban J connectivity index is 1.61. The van der Waals surface area contributed by atoms with E-state index in [1.165, 1.54) is 11.6 Å². The molecule has 2 aliphatic rings. The minimum absolute atomic E-state index is 0.000278. The van der Waals surface area contributed by atoms with Crippen LogP contribution in [-0.2, 0) is 4.79 Å². The Morgan fingerprint density at radius 1 is 1.08 bits per heavy atom. The maximum atomic E-state index is 12.9. The highest BCUT2D eigenvalue weighted by atomic mass is 16.3. The van der Waals surface area contributed by atoms with E-state index in [0.29, 0.717) is 37.7 Å². The van der Waals surface area contributed by atoms with E-state index >= 15 is 0 Å². The van der Waals surface area contributed by atoms with Gasteiger partial charge in [0, 0.05) is 26.2 Å². The number of allylic oxidation sites excluding steroid dienone is 2. The Morgan fingerprint density at radius 2 is 1.65 bits per heavy atom. The van der Waals surface area contributed by atoms with Crippen molar-refractivity contribution in [1.82, 2.24) is 9.80 Å². The largest absolute Gasteiger partial charge is 0.507 e. The Hall–Kier alpha value is -2.30. The number of benzene rings is 1. The van der Waals surface area contributed by atoms with Crippen LogP contribution in [0.15, 0.2) is 35.9 Å². The Kier molecular flexibility index (Phi) is 4.82. The van der Waals surface area contributed by atoms with Gasteiger partial charge in [-0.2, -0.15) is 0 Å². The molecule has 26 heavy (non-hydrogen) atoms. The molecule has 2 amide bonds. The second kappa shape index (κ2) is 6.78. The summed E-state index contributed by atoms with van der Waals surface area (Å²) in [6.45, 7) is 10.5. The zero-order valence-corrected chi connectivity index (χ0v) is 16.0. The van der Waals surface area contributed by atoms with Gasteiger partial charge in [0.25, 0.3) is 5.91 Å². The summed E-state index contributed by atoms with van der Waals surface area (Å²) < 4.78 is 0. The molecule has 1 heterocycles. The summed E-state index contributed by atoms with van der Waals surface area (Å²) in [7, 11) is 0. The minimum atomic E-state index is -0.177. The van der Waals surface area contributed by atoms with Crippen molar-refractivity contribution in [2.45, 2.75) is 27.7 Å². The van der Waals surface area contributed by atoms with Crippen molar-refractivity contribution in [2.24, 2.45) is 17.3 Å². The summed E-state index contributed by atoms with van der Waals surface area (Å²) in [5.74, 6) is 0.371. The van der Waals surface area contributed by atoms with Crippen molar-refractivity contribution in [3.05, 3.63) is 41.5 Å². The number of carbonyl (C=O) groups excluding carboxylic acids is 2. The number of carbonyl (C=O) groups is 2. The first-order valence-corrected chi connectivity index (χ1v) is 9.24. The lowest BCUT2D eigenvalue weighted by Gasteiger charge is -2.35. The van der Waals surface area contributed by atoms with Crippen molar-refractivity contribution in [3.63, 3.8) is 0 Å². The van der Waals surface area contributed by atoms with Gasteiger partial charge < -0.3 is 14.9 Å². The fraction of sp³-hybridized carbons (Fsp3) is 0.524. The lowest BCUT2D eigenvalue weighted by Crippen LogP contribution is -2.51. The Bertz CT molecular complexity index is 741. The lowest BCUT2D eigenvalue weighted by atomic mass is 10.1. The predicted octanol–water partition coefficient (Wildman–Crippen LogP) is 2.92. The third kappa shape index (κ3) is 3.35. The number of hydrogen-bond acceptors (Lipinski definition) is 3. The molecule has 5 heteroatoms. The number of phenolic OH excluding ortho intramolecular Hbond substituents is 1. The molecule has 2 atom stereocenters. The fourth-order valence-electron chi connectivity index (χ4n) is 3.97. The third-order valence-corrected chi connectivity index (χ3v) is 5.70. The quantitative estimate of drug-likeness (QED) is 0.847. The number of piperazine rings is 1. The Labute approximate surface area is 155 Å².